The van der Waals surface area contributed by atoms with Gasteiger partial charge in [-0.25, -0.2) is 0 Å². The molecule has 1 heterocycles. The Hall–Kier alpha value is -1.23. The van der Waals surface area contributed by atoms with Gasteiger partial charge >= 0.3 is 0 Å². The molecule has 1 atom stereocenters. The molecule has 2 rings (SSSR count). The summed E-state index contributed by atoms with van der Waals surface area (Å²) in [5, 5.41) is 14.5. The Morgan fingerprint density at radius 1 is 1.22 bits per heavy atom. The zero-order chi connectivity index (χ0) is 13.1. The first kappa shape index (κ1) is 13.2. The normalized spacial score (nSPS) is 12.2. The summed E-state index contributed by atoms with van der Waals surface area (Å²) >= 11 is 7.69. The molecule has 0 saturated heterocycles. The molecule has 3 nitrogen and oxygen atoms in total. The van der Waals surface area contributed by atoms with Crippen LogP contribution in [0.5, 0.6) is 11.5 Å². The molecule has 0 fully saturated rings. The Labute approximate surface area is 115 Å². The lowest BCUT2D eigenvalue weighted by Crippen LogP contribution is -2.02. The van der Waals surface area contributed by atoms with E-state index in [0.29, 0.717) is 22.1 Å². The van der Waals surface area contributed by atoms with Crippen LogP contribution in [-0.4, -0.2) is 19.3 Å². The van der Waals surface area contributed by atoms with E-state index in [1.54, 1.807) is 12.1 Å². The molecular formula is C13H13ClO3S. The fourth-order valence-corrected chi connectivity index (χ4v) is 2.75. The van der Waals surface area contributed by atoms with Gasteiger partial charge in [0.1, 0.15) is 22.6 Å². The first-order chi connectivity index (χ1) is 8.69. The van der Waals surface area contributed by atoms with Crippen molar-refractivity contribution >= 4 is 22.9 Å². The third kappa shape index (κ3) is 2.32. The predicted octanol–water partition coefficient (Wildman–Crippen LogP) is 3.50. The van der Waals surface area contributed by atoms with E-state index in [0.717, 1.165) is 5.56 Å². The highest BCUT2D eigenvalue weighted by molar-refractivity contribution is 7.07. The van der Waals surface area contributed by atoms with Crippen LogP contribution in [0.3, 0.4) is 0 Å². The van der Waals surface area contributed by atoms with Gasteiger partial charge in [0.05, 0.1) is 14.2 Å². The fourth-order valence-electron chi connectivity index (χ4n) is 1.74. The molecule has 0 aliphatic heterocycles. The summed E-state index contributed by atoms with van der Waals surface area (Å²) in [4.78, 5) is 0. The monoisotopic (exact) mass is 284 g/mol. The van der Waals surface area contributed by atoms with E-state index in [9.17, 15) is 5.11 Å². The maximum absolute atomic E-state index is 10.3. The van der Waals surface area contributed by atoms with Crippen molar-refractivity contribution in [1.82, 2.24) is 0 Å². The minimum atomic E-state index is -0.755. The maximum Gasteiger partial charge on any atom is 0.147 e. The van der Waals surface area contributed by atoms with Gasteiger partial charge in [-0.15, -0.1) is 0 Å². The summed E-state index contributed by atoms with van der Waals surface area (Å²) in [6, 6.07) is 5.34. The number of benzene rings is 1. The molecule has 96 valence electrons. The number of aliphatic hydroxyl groups excluding tert-OH is 1. The topological polar surface area (TPSA) is 38.7 Å². The molecular weight excluding hydrogens is 272 g/mol. The number of methoxy groups -OCH3 is 2. The van der Waals surface area contributed by atoms with Gasteiger partial charge in [-0.3, -0.25) is 0 Å². The molecule has 0 saturated carbocycles. The quantitative estimate of drug-likeness (QED) is 0.934. The second kappa shape index (κ2) is 5.61. The zero-order valence-corrected chi connectivity index (χ0v) is 11.6. The third-order valence-corrected chi connectivity index (χ3v) is 3.73. The molecule has 1 N–H and O–H groups in total. The van der Waals surface area contributed by atoms with E-state index in [2.05, 4.69) is 0 Å². The van der Waals surface area contributed by atoms with Crippen molar-refractivity contribution in [1.29, 1.82) is 0 Å². The van der Waals surface area contributed by atoms with Crippen LogP contribution in [0.1, 0.15) is 17.2 Å². The lowest BCUT2D eigenvalue weighted by molar-refractivity contribution is 0.215. The van der Waals surface area contributed by atoms with Gasteiger partial charge in [0.2, 0.25) is 0 Å². The van der Waals surface area contributed by atoms with Gasteiger partial charge in [-0.05, 0) is 34.5 Å². The number of hydrogen-bond acceptors (Lipinski definition) is 4. The molecule has 1 aromatic heterocycles. The Bertz CT molecular complexity index is 525. The SMILES string of the molecule is COc1ccc(C(O)c2ccsc2)c(OC)c1Cl. The van der Waals surface area contributed by atoms with Crippen molar-refractivity contribution in [3.63, 3.8) is 0 Å². The highest BCUT2D eigenvalue weighted by Gasteiger charge is 2.20. The second-order valence-corrected chi connectivity index (χ2v) is 4.82. The highest BCUT2D eigenvalue weighted by Crippen LogP contribution is 2.41. The predicted molar refractivity (Wildman–Crippen MR) is 72.9 cm³/mol. The summed E-state index contributed by atoms with van der Waals surface area (Å²) in [6.45, 7) is 0. The van der Waals surface area contributed by atoms with Gasteiger partial charge in [0, 0.05) is 5.56 Å². The molecule has 1 unspecified atom stereocenters. The van der Waals surface area contributed by atoms with Crippen molar-refractivity contribution in [3.05, 3.63) is 45.1 Å². The Balaban J connectivity index is 2.48. The van der Waals surface area contributed by atoms with Crippen molar-refractivity contribution in [2.45, 2.75) is 6.10 Å². The summed E-state index contributed by atoms with van der Waals surface area (Å²) < 4.78 is 10.4. The average Bonchev–Trinajstić information content (AvgIpc) is 2.91. The number of ether oxygens (including phenoxy) is 2. The van der Waals surface area contributed by atoms with Gasteiger partial charge in [-0.2, -0.15) is 11.3 Å². The van der Waals surface area contributed by atoms with Crippen molar-refractivity contribution in [2.75, 3.05) is 14.2 Å². The Morgan fingerprint density at radius 3 is 2.56 bits per heavy atom. The highest BCUT2D eigenvalue weighted by atomic mass is 35.5. The fraction of sp³-hybridized carbons (Fsp3) is 0.231. The van der Waals surface area contributed by atoms with Crippen LogP contribution in [0.15, 0.2) is 29.0 Å². The van der Waals surface area contributed by atoms with E-state index in [1.165, 1.54) is 25.6 Å². The minimum absolute atomic E-state index is 0.367. The summed E-state index contributed by atoms with van der Waals surface area (Å²) in [6.07, 6.45) is -0.755. The van der Waals surface area contributed by atoms with Gasteiger partial charge in [-0.1, -0.05) is 11.6 Å². The van der Waals surface area contributed by atoms with E-state index in [4.69, 9.17) is 21.1 Å². The largest absolute Gasteiger partial charge is 0.495 e. The number of rotatable bonds is 4. The molecule has 0 aliphatic rings. The lowest BCUT2D eigenvalue weighted by Gasteiger charge is -2.16. The molecule has 0 spiro atoms. The number of hydrogen-bond donors (Lipinski definition) is 1. The van der Waals surface area contributed by atoms with Gasteiger partial charge in [0.25, 0.3) is 0 Å². The first-order valence-electron chi connectivity index (χ1n) is 5.29. The Morgan fingerprint density at radius 2 is 2.00 bits per heavy atom. The van der Waals surface area contributed by atoms with Crippen LogP contribution in [0, 0.1) is 0 Å². The van der Waals surface area contributed by atoms with Crippen LogP contribution in [0.25, 0.3) is 0 Å². The average molecular weight is 285 g/mol. The second-order valence-electron chi connectivity index (χ2n) is 3.66. The minimum Gasteiger partial charge on any atom is -0.495 e. The molecule has 0 bridgehead atoms. The van der Waals surface area contributed by atoms with E-state index in [-0.39, 0.29) is 0 Å². The molecule has 0 aliphatic carbocycles. The number of aliphatic hydroxyl groups is 1. The summed E-state index contributed by atoms with van der Waals surface area (Å²) in [5.41, 5.74) is 1.45. The molecule has 5 heteroatoms. The summed E-state index contributed by atoms with van der Waals surface area (Å²) in [7, 11) is 3.06. The van der Waals surface area contributed by atoms with Crippen molar-refractivity contribution < 1.29 is 14.6 Å². The summed E-state index contributed by atoms with van der Waals surface area (Å²) in [5.74, 6) is 0.963. The maximum atomic E-state index is 10.3. The number of thiophene rings is 1. The van der Waals surface area contributed by atoms with Crippen LogP contribution in [0.2, 0.25) is 5.02 Å². The molecule has 0 radical (unpaired) electrons. The smallest absolute Gasteiger partial charge is 0.147 e. The molecule has 0 amide bonds. The number of halogens is 1. The van der Waals surface area contributed by atoms with E-state index in [1.807, 2.05) is 16.8 Å². The first-order valence-corrected chi connectivity index (χ1v) is 6.61. The van der Waals surface area contributed by atoms with Gasteiger partial charge in [0.15, 0.2) is 0 Å². The Kier molecular flexibility index (Phi) is 4.11. The van der Waals surface area contributed by atoms with E-state index < -0.39 is 6.10 Å². The van der Waals surface area contributed by atoms with Crippen LogP contribution in [0.4, 0.5) is 0 Å². The standard InChI is InChI=1S/C13H13ClO3S/c1-16-10-4-3-9(13(17-2)11(10)14)12(15)8-5-6-18-7-8/h3-7,12,15H,1-2H3. The van der Waals surface area contributed by atoms with E-state index >= 15 is 0 Å². The van der Waals surface area contributed by atoms with Crippen molar-refractivity contribution in [3.8, 4) is 11.5 Å². The van der Waals surface area contributed by atoms with Crippen molar-refractivity contribution in [2.24, 2.45) is 0 Å². The van der Waals surface area contributed by atoms with Crippen LogP contribution < -0.4 is 9.47 Å². The molecule has 2 aromatic rings. The third-order valence-electron chi connectivity index (χ3n) is 2.67. The zero-order valence-electron chi connectivity index (χ0n) is 10.0. The molecule has 18 heavy (non-hydrogen) atoms. The molecule has 1 aromatic carbocycles. The van der Waals surface area contributed by atoms with Gasteiger partial charge < -0.3 is 14.6 Å². The lowest BCUT2D eigenvalue weighted by atomic mass is 10.0. The van der Waals surface area contributed by atoms with Crippen LogP contribution in [-0.2, 0) is 0 Å². The van der Waals surface area contributed by atoms with Crippen LogP contribution >= 0.6 is 22.9 Å².